The fraction of sp³-hybridized carbons (Fsp3) is 0.133. The standard InChI is InChI=1S/C15H10F3N3O2/c1-8-20-11-4-3-10(6-12(11)23-8)21-14(22)9-2-5-13(19-7-9)15(16,17)18/h2-7H,1H3,(H,21,22). The summed E-state index contributed by atoms with van der Waals surface area (Å²) in [5, 5.41) is 2.57. The number of benzene rings is 1. The zero-order chi connectivity index (χ0) is 16.6. The lowest BCUT2D eigenvalue weighted by atomic mass is 10.2. The van der Waals surface area contributed by atoms with Gasteiger partial charge in [0.1, 0.15) is 11.2 Å². The number of carbonyl (C=O) groups is 1. The Hall–Kier alpha value is -2.90. The van der Waals surface area contributed by atoms with Gasteiger partial charge < -0.3 is 9.73 Å². The number of aromatic nitrogens is 2. The molecule has 5 nitrogen and oxygen atoms in total. The molecular formula is C15H10F3N3O2. The molecule has 23 heavy (non-hydrogen) atoms. The third kappa shape index (κ3) is 3.15. The highest BCUT2D eigenvalue weighted by Crippen LogP contribution is 2.27. The molecule has 118 valence electrons. The van der Waals surface area contributed by atoms with Crippen molar-refractivity contribution in [3.8, 4) is 0 Å². The molecule has 2 heterocycles. The second-order valence-corrected chi connectivity index (χ2v) is 4.80. The average Bonchev–Trinajstić information content (AvgIpc) is 2.86. The molecule has 3 aromatic rings. The Labute approximate surface area is 128 Å². The molecule has 0 fully saturated rings. The number of anilines is 1. The Balaban J connectivity index is 1.79. The molecule has 0 saturated heterocycles. The van der Waals surface area contributed by atoms with E-state index in [1.165, 1.54) is 0 Å². The number of aryl methyl sites for hydroxylation is 1. The molecule has 0 aliphatic carbocycles. The van der Waals surface area contributed by atoms with E-state index in [9.17, 15) is 18.0 Å². The lowest BCUT2D eigenvalue weighted by Gasteiger charge is -2.07. The predicted molar refractivity (Wildman–Crippen MR) is 75.9 cm³/mol. The summed E-state index contributed by atoms with van der Waals surface area (Å²) in [5.41, 5.74) is 0.570. The molecule has 8 heteroatoms. The summed E-state index contributed by atoms with van der Waals surface area (Å²) < 4.78 is 42.7. The number of pyridine rings is 1. The van der Waals surface area contributed by atoms with Gasteiger partial charge >= 0.3 is 6.18 Å². The predicted octanol–water partition coefficient (Wildman–Crippen LogP) is 3.80. The van der Waals surface area contributed by atoms with Gasteiger partial charge in [-0.15, -0.1) is 0 Å². The van der Waals surface area contributed by atoms with Crippen LogP contribution in [-0.2, 0) is 6.18 Å². The van der Waals surface area contributed by atoms with Crippen LogP contribution in [0.25, 0.3) is 11.1 Å². The molecule has 0 unspecified atom stereocenters. The Morgan fingerprint density at radius 2 is 2.00 bits per heavy atom. The maximum atomic E-state index is 12.4. The van der Waals surface area contributed by atoms with Gasteiger partial charge in [0, 0.05) is 24.9 Å². The number of fused-ring (bicyclic) bond motifs is 1. The van der Waals surface area contributed by atoms with Crippen LogP contribution in [0.3, 0.4) is 0 Å². The first-order valence-electron chi connectivity index (χ1n) is 6.55. The van der Waals surface area contributed by atoms with Crippen molar-refractivity contribution in [2.75, 3.05) is 5.32 Å². The number of hydrogen-bond donors (Lipinski definition) is 1. The van der Waals surface area contributed by atoms with Crippen LogP contribution < -0.4 is 5.32 Å². The van der Waals surface area contributed by atoms with Gasteiger partial charge in [-0.3, -0.25) is 9.78 Å². The SMILES string of the molecule is Cc1nc2ccc(NC(=O)c3ccc(C(F)(F)F)nc3)cc2o1. The van der Waals surface area contributed by atoms with Crippen molar-refractivity contribution in [2.24, 2.45) is 0 Å². The minimum absolute atomic E-state index is 0.0202. The lowest BCUT2D eigenvalue weighted by molar-refractivity contribution is -0.141. The van der Waals surface area contributed by atoms with Gasteiger partial charge in [0.2, 0.25) is 0 Å². The maximum absolute atomic E-state index is 12.4. The van der Waals surface area contributed by atoms with Crippen molar-refractivity contribution >= 4 is 22.7 Å². The fourth-order valence-corrected chi connectivity index (χ4v) is 2.02. The smallest absolute Gasteiger partial charge is 0.433 e. The molecule has 0 radical (unpaired) electrons. The third-order valence-electron chi connectivity index (χ3n) is 3.07. The molecule has 0 saturated carbocycles. The van der Waals surface area contributed by atoms with Crippen LogP contribution in [0.2, 0.25) is 0 Å². The van der Waals surface area contributed by atoms with E-state index in [0.717, 1.165) is 18.3 Å². The van der Waals surface area contributed by atoms with Crippen molar-refractivity contribution in [3.05, 3.63) is 53.7 Å². The molecule has 1 N–H and O–H groups in total. The van der Waals surface area contributed by atoms with Gasteiger partial charge in [0.25, 0.3) is 5.91 Å². The van der Waals surface area contributed by atoms with Crippen molar-refractivity contribution in [1.82, 2.24) is 9.97 Å². The van der Waals surface area contributed by atoms with E-state index in [1.54, 1.807) is 25.1 Å². The quantitative estimate of drug-likeness (QED) is 0.779. The van der Waals surface area contributed by atoms with Gasteiger partial charge in [-0.25, -0.2) is 4.98 Å². The first-order valence-corrected chi connectivity index (χ1v) is 6.55. The van der Waals surface area contributed by atoms with Crippen LogP contribution in [0, 0.1) is 6.92 Å². The minimum atomic E-state index is -4.54. The van der Waals surface area contributed by atoms with Crippen LogP contribution in [0.5, 0.6) is 0 Å². The molecule has 0 bridgehead atoms. The van der Waals surface area contributed by atoms with E-state index in [2.05, 4.69) is 15.3 Å². The molecule has 0 aliphatic heterocycles. The van der Waals surface area contributed by atoms with E-state index in [1.807, 2.05) is 0 Å². The first-order chi connectivity index (χ1) is 10.8. The number of carbonyl (C=O) groups excluding carboxylic acids is 1. The third-order valence-corrected chi connectivity index (χ3v) is 3.07. The molecule has 1 amide bonds. The molecule has 3 rings (SSSR count). The normalized spacial score (nSPS) is 11.7. The number of hydrogen-bond acceptors (Lipinski definition) is 4. The van der Waals surface area contributed by atoms with Gasteiger partial charge in [0.05, 0.1) is 5.56 Å². The molecule has 2 aromatic heterocycles. The molecule has 0 atom stereocenters. The fourth-order valence-electron chi connectivity index (χ4n) is 2.02. The molecule has 0 aliphatic rings. The number of nitrogens with one attached hydrogen (secondary N) is 1. The van der Waals surface area contributed by atoms with Gasteiger partial charge in [-0.2, -0.15) is 13.2 Å². The van der Waals surface area contributed by atoms with Crippen molar-refractivity contribution < 1.29 is 22.4 Å². The van der Waals surface area contributed by atoms with E-state index in [-0.39, 0.29) is 5.56 Å². The van der Waals surface area contributed by atoms with Crippen molar-refractivity contribution in [2.45, 2.75) is 13.1 Å². The highest BCUT2D eigenvalue weighted by molar-refractivity contribution is 6.04. The van der Waals surface area contributed by atoms with Crippen LogP contribution in [-0.4, -0.2) is 15.9 Å². The summed E-state index contributed by atoms with van der Waals surface area (Å²) in [6.45, 7) is 1.70. The summed E-state index contributed by atoms with van der Waals surface area (Å²) in [4.78, 5) is 19.4. The van der Waals surface area contributed by atoms with Crippen LogP contribution in [0.15, 0.2) is 40.9 Å². The number of nitrogens with zero attached hydrogens (tertiary/aromatic N) is 2. The first kappa shape index (κ1) is 15.0. The summed E-state index contributed by atoms with van der Waals surface area (Å²) >= 11 is 0. The Morgan fingerprint density at radius 3 is 2.65 bits per heavy atom. The Kier molecular flexibility index (Phi) is 3.51. The zero-order valence-electron chi connectivity index (χ0n) is 11.8. The monoisotopic (exact) mass is 321 g/mol. The highest BCUT2D eigenvalue weighted by Gasteiger charge is 2.32. The molecular weight excluding hydrogens is 311 g/mol. The van der Waals surface area contributed by atoms with Gasteiger partial charge in [0.15, 0.2) is 11.5 Å². The number of rotatable bonds is 2. The second kappa shape index (κ2) is 5.38. The lowest BCUT2D eigenvalue weighted by Crippen LogP contribution is -2.14. The van der Waals surface area contributed by atoms with E-state index >= 15 is 0 Å². The summed E-state index contributed by atoms with van der Waals surface area (Å²) in [7, 11) is 0. The molecule has 0 spiro atoms. The maximum Gasteiger partial charge on any atom is 0.433 e. The van der Waals surface area contributed by atoms with Crippen LogP contribution in [0.4, 0.5) is 18.9 Å². The number of alkyl halides is 3. The average molecular weight is 321 g/mol. The van der Waals surface area contributed by atoms with Crippen molar-refractivity contribution in [1.29, 1.82) is 0 Å². The second-order valence-electron chi connectivity index (χ2n) is 4.80. The van der Waals surface area contributed by atoms with E-state index in [4.69, 9.17) is 4.42 Å². The zero-order valence-corrected chi connectivity index (χ0v) is 11.8. The summed E-state index contributed by atoms with van der Waals surface area (Å²) in [5.74, 6) is -0.0720. The summed E-state index contributed by atoms with van der Waals surface area (Å²) in [6, 6.07) is 6.72. The Morgan fingerprint density at radius 1 is 1.22 bits per heavy atom. The summed E-state index contributed by atoms with van der Waals surface area (Å²) in [6.07, 6.45) is -3.65. The van der Waals surface area contributed by atoms with E-state index in [0.29, 0.717) is 22.7 Å². The van der Waals surface area contributed by atoms with E-state index < -0.39 is 17.8 Å². The molecule has 1 aromatic carbocycles. The number of oxazole rings is 1. The van der Waals surface area contributed by atoms with Gasteiger partial charge in [-0.1, -0.05) is 0 Å². The Bertz CT molecular complexity index is 870. The minimum Gasteiger partial charge on any atom is -0.441 e. The topological polar surface area (TPSA) is 68.0 Å². The van der Waals surface area contributed by atoms with Gasteiger partial charge in [-0.05, 0) is 24.3 Å². The number of halogens is 3. The van der Waals surface area contributed by atoms with Crippen LogP contribution in [0.1, 0.15) is 21.9 Å². The number of amides is 1. The van der Waals surface area contributed by atoms with Crippen molar-refractivity contribution in [3.63, 3.8) is 0 Å². The van der Waals surface area contributed by atoms with Crippen LogP contribution >= 0.6 is 0 Å². The largest absolute Gasteiger partial charge is 0.441 e. The highest BCUT2D eigenvalue weighted by atomic mass is 19.4.